The first-order valence-corrected chi connectivity index (χ1v) is 13.8. The van der Waals surface area contributed by atoms with E-state index in [-0.39, 0.29) is 11.9 Å². The number of ether oxygens (including phenoxy) is 2. The fourth-order valence-electron chi connectivity index (χ4n) is 5.36. The van der Waals surface area contributed by atoms with Gasteiger partial charge in [-0.2, -0.15) is 0 Å². The monoisotopic (exact) mass is 527 g/mol. The van der Waals surface area contributed by atoms with Crippen LogP contribution in [0.3, 0.4) is 0 Å². The number of nitrogens with one attached hydrogen (secondary N) is 1. The van der Waals surface area contributed by atoms with Crippen molar-refractivity contribution in [3.05, 3.63) is 71.4 Å². The molecule has 1 saturated heterocycles. The minimum Gasteiger partial charge on any atom is -0.493 e. The zero-order valence-corrected chi connectivity index (χ0v) is 24.0. The molecule has 204 valence electrons. The second-order valence-electron chi connectivity index (χ2n) is 11.5. The molecule has 0 spiro atoms. The average molecular weight is 527 g/mol. The Labute approximate surface area is 231 Å². The second-order valence-corrected chi connectivity index (χ2v) is 11.5. The minimum absolute atomic E-state index is 0.0296. The number of aromatic amines is 1. The van der Waals surface area contributed by atoms with Crippen molar-refractivity contribution < 1.29 is 23.6 Å². The van der Waals surface area contributed by atoms with Gasteiger partial charge in [0.1, 0.15) is 11.4 Å². The number of fused-ring (bicyclic) bond motifs is 2. The number of esters is 1. The van der Waals surface area contributed by atoms with Gasteiger partial charge in [-0.15, -0.1) is 0 Å². The van der Waals surface area contributed by atoms with Gasteiger partial charge in [0, 0.05) is 21.8 Å². The van der Waals surface area contributed by atoms with Crippen LogP contribution >= 0.6 is 0 Å². The van der Waals surface area contributed by atoms with E-state index in [2.05, 4.69) is 42.2 Å². The standard InChI is InChI=1S/C32H38BNO5/c1-8-36-30(35)29-26(20(2)18-19-37-25-15-11-13-22-12-9-10-14-23(22)25)24-17-16-21(3)27(28(24)34-29)33-38-31(4,5)32(6,7)39-33/h9-17,20,34H,8,18-19H2,1-7H3. The van der Waals surface area contributed by atoms with Gasteiger partial charge < -0.3 is 23.8 Å². The first-order valence-electron chi connectivity index (χ1n) is 13.8. The summed E-state index contributed by atoms with van der Waals surface area (Å²) in [6.45, 7) is 15.0. The molecular formula is C32H38BNO5. The van der Waals surface area contributed by atoms with Crippen LogP contribution in [0, 0.1) is 6.92 Å². The van der Waals surface area contributed by atoms with E-state index < -0.39 is 18.3 Å². The van der Waals surface area contributed by atoms with E-state index in [1.54, 1.807) is 0 Å². The Morgan fingerprint density at radius 2 is 1.67 bits per heavy atom. The van der Waals surface area contributed by atoms with Crippen molar-refractivity contribution >= 4 is 40.2 Å². The molecule has 0 saturated carbocycles. The van der Waals surface area contributed by atoms with E-state index in [4.69, 9.17) is 18.8 Å². The lowest BCUT2D eigenvalue weighted by atomic mass is 9.74. The molecule has 0 bridgehead atoms. The van der Waals surface area contributed by atoms with E-state index in [0.717, 1.165) is 50.4 Å². The summed E-state index contributed by atoms with van der Waals surface area (Å²) in [6.07, 6.45) is 0.724. The fourth-order valence-corrected chi connectivity index (χ4v) is 5.36. The van der Waals surface area contributed by atoms with Crippen LogP contribution in [0.1, 0.15) is 75.5 Å². The molecule has 1 aromatic heterocycles. The Kier molecular flexibility index (Phi) is 7.25. The zero-order valence-electron chi connectivity index (χ0n) is 24.0. The maximum atomic E-state index is 13.2. The van der Waals surface area contributed by atoms with Gasteiger partial charge in [0.05, 0.1) is 24.4 Å². The van der Waals surface area contributed by atoms with Gasteiger partial charge in [-0.3, -0.25) is 0 Å². The Bertz CT molecular complexity index is 1500. The van der Waals surface area contributed by atoms with E-state index in [1.807, 2.05) is 65.8 Å². The van der Waals surface area contributed by atoms with Crippen LogP contribution in [0.25, 0.3) is 21.7 Å². The third-order valence-electron chi connectivity index (χ3n) is 8.29. The van der Waals surface area contributed by atoms with Crippen LogP contribution < -0.4 is 10.2 Å². The number of hydrogen-bond acceptors (Lipinski definition) is 5. The van der Waals surface area contributed by atoms with Crippen LogP contribution in [0.2, 0.25) is 0 Å². The molecule has 6 nitrogen and oxygen atoms in total. The Balaban J connectivity index is 1.49. The number of aromatic nitrogens is 1. The third-order valence-corrected chi connectivity index (χ3v) is 8.29. The number of aryl methyl sites for hydroxylation is 1. The molecule has 1 fully saturated rings. The number of H-pyrrole nitrogens is 1. The van der Waals surface area contributed by atoms with Crippen molar-refractivity contribution in [2.75, 3.05) is 13.2 Å². The average Bonchev–Trinajstić information content (AvgIpc) is 3.37. The molecule has 1 N–H and O–H groups in total. The van der Waals surface area contributed by atoms with Gasteiger partial charge in [0.15, 0.2) is 0 Å². The highest BCUT2D eigenvalue weighted by atomic mass is 16.7. The van der Waals surface area contributed by atoms with Crippen molar-refractivity contribution in [1.29, 1.82) is 0 Å². The maximum absolute atomic E-state index is 13.2. The number of carbonyl (C=O) groups is 1. The largest absolute Gasteiger partial charge is 0.497 e. The third kappa shape index (κ3) is 4.94. The quantitative estimate of drug-likeness (QED) is 0.205. The predicted molar refractivity (Wildman–Crippen MR) is 157 cm³/mol. The first-order chi connectivity index (χ1) is 18.5. The summed E-state index contributed by atoms with van der Waals surface area (Å²) >= 11 is 0. The van der Waals surface area contributed by atoms with Crippen molar-refractivity contribution in [1.82, 2.24) is 4.98 Å². The first kappa shape index (κ1) is 27.3. The van der Waals surface area contributed by atoms with Crippen LogP contribution in [-0.2, 0) is 14.0 Å². The van der Waals surface area contributed by atoms with Crippen molar-refractivity contribution in [2.45, 2.75) is 72.0 Å². The summed E-state index contributed by atoms with van der Waals surface area (Å²) in [7, 11) is -0.551. The number of carbonyl (C=O) groups excluding carboxylic acids is 1. The highest BCUT2D eigenvalue weighted by Crippen LogP contribution is 2.39. The molecule has 1 unspecified atom stereocenters. The smallest absolute Gasteiger partial charge is 0.493 e. The number of hydrogen-bond donors (Lipinski definition) is 1. The van der Waals surface area contributed by atoms with Crippen LogP contribution in [-0.4, -0.2) is 42.5 Å². The van der Waals surface area contributed by atoms with Crippen LogP contribution in [0.4, 0.5) is 0 Å². The molecule has 4 aromatic rings. The molecule has 1 aliphatic rings. The summed E-state index contributed by atoms with van der Waals surface area (Å²) in [4.78, 5) is 16.6. The lowest BCUT2D eigenvalue weighted by molar-refractivity contribution is 0.00578. The van der Waals surface area contributed by atoms with E-state index in [0.29, 0.717) is 18.9 Å². The summed E-state index contributed by atoms with van der Waals surface area (Å²) in [6, 6.07) is 18.5. The highest BCUT2D eigenvalue weighted by molar-refractivity contribution is 6.65. The van der Waals surface area contributed by atoms with E-state index >= 15 is 0 Å². The molecule has 5 rings (SSSR count). The van der Waals surface area contributed by atoms with Crippen molar-refractivity contribution in [3.8, 4) is 5.75 Å². The molecule has 39 heavy (non-hydrogen) atoms. The Hall–Kier alpha value is -3.29. The predicted octanol–water partition coefficient (Wildman–Crippen LogP) is 6.68. The van der Waals surface area contributed by atoms with Crippen molar-refractivity contribution in [2.24, 2.45) is 0 Å². The normalized spacial score (nSPS) is 17.1. The molecule has 0 amide bonds. The van der Waals surface area contributed by atoms with Gasteiger partial charge in [0.2, 0.25) is 0 Å². The minimum atomic E-state index is -0.551. The number of rotatable bonds is 8. The molecule has 3 aromatic carbocycles. The summed E-state index contributed by atoms with van der Waals surface area (Å²) in [5.74, 6) is 0.536. The summed E-state index contributed by atoms with van der Waals surface area (Å²) in [5, 5.41) is 3.22. The van der Waals surface area contributed by atoms with E-state index in [9.17, 15) is 4.79 Å². The Morgan fingerprint density at radius 1 is 0.974 bits per heavy atom. The molecular weight excluding hydrogens is 489 g/mol. The maximum Gasteiger partial charge on any atom is 0.497 e. The van der Waals surface area contributed by atoms with E-state index in [1.165, 1.54) is 0 Å². The fraction of sp³-hybridized carbons (Fsp3) is 0.406. The summed E-state index contributed by atoms with van der Waals surface area (Å²) < 4.78 is 24.6. The lowest BCUT2D eigenvalue weighted by Gasteiger charge is -2.32. The van der Waals surface area contributed by atoms with Gasteiger partial charge in [-0.1, -0.05) is 55.5 Å². The lowest BCUT2D eigenvalue weighted by Crippen LogP contribution is -2.41. The molecule has 7 heteroatoms. The van der Waals surface area contributed by atoms with Gasteiger partial charge >= 0.3 is 13.1 Å². The SMILES string of the molecule is CCOC(=O)c1[nH]c2c(B3OC(C)(C)C(C)(C)O3)c(C)ccc2c1C(C)CCOc1cccc2ccccc12. The Morgan fingerprint density at radius 3 is 2.38 bits per heavy atom. The molecule has 0 aliphatic carbocycles. The molecule has 1 atom stereocenters. The molecule has 1 aliphatic heterocycles. The van der Waals surface area contributed by atoms with Crippen LogP contribution in [0.15, 0.2) is 54.6 Å². The number of benzene rings is 3. The topological polar surface area (TPSA) is 69.8 Å². The summed E-state index contributed by atoms with van der Waals surface area (Å²) in [5.41, 5.74) is 3.28. The molecule has 0 radical (unpaired) electrons. The van der Waals surface area contributed by atoms with Gasteiger partial charge in [-0.25, -0.2) is 4.79 Å². The second kappa shape index (κ2) is 10.4. The van der Waals surface area contributed by atoms with Crippen LogP contribution in [0.5, 0.6) is 5.75 Å². The highest BCUT2D eigenvalue weighted by Gasteiger charge is 2.52. The molecule has 2 heterocycles. The van der Waals surface area contributed by atoms with Crippen molar-refractivity contribution in [3.63, 3.8) is 0 Å². The van der Waals surface area contributed by atoms with Gasteiger partial charge in [-0.05, 0) is 76.5 Å². The zero-order chi connectivity index (χ0) is 27.9. The van der Waals surface area contributed by atoms with Gasteiger partial charge in [0.25, 0.3) is 0 Å².